The predicted octanol–water partition coefficient (Wildman–Crippen LogP) is 1.10. The molecule has 0 fully saturated rings. The number of aromatic nitrogens is 3. The van der Waals surface area contributed by atoms with Gasteiger partial charge in [0.15, 0.2) is 11.9 Å². The molecule has 1 heterocycles. The third-order valence-electron chi connectivity index (χ3n) is 3.27. The molecule has 0 amide bonds. The minimum absolute atomic E-state index is 0.0378. The van der Waals surface area contributed by atoms with E-state index in [4.69, 9.17) is 11.6 Å². The average Bonchev–Trinajstić information content (AvgIpc) is 2.77. The highest BCUT2D eigenvalue weighted by atomic mass is 35.5. The minimum Gasteiger partial charge on any atom is -0.382 e. The summed E-state index contributed by atoms with van der Waals surface area (Å²) in [6, 6.07) is 0. The maximum absolute atomic E-state index is 12.6. The molecule has 0 bridgehead atoms. The second kappa shape index (κ2) is 6.90. The van der Waals surface area contributed by atoms with Gasteiger partial charge in [0.2, 0.25) is 0 Å². The van der Waals surface area contributed by atoms with E-state index in [9.17, 15) is 23.1 Å². The molecule has 6 nitrogen and oxygen atoms in total. The maximum Gasteiger partial charge on any atom is 0.416 e. The zero-order chi connectivity index (χ0) is 17.2. The van der Waals surface area contributed by atoms with Crippen molar-refractivity contribution in [3.8, 4) is 0 Å². The summed E-state index contributed by atoms with van der Waals surface area (Å²) in [4.78, 5) is 12.2. The topological polar surface area (TPSA) is 72.1 Å². The number of rotatable bonds is 5. The number of hydrogen-bond acceptors (Lipinski definition) is 4. The van der Waals surface area contributed by atoms with Gasteiger partial charge in [-0.1, -0.05) is 18.2 Å². The van der Waals surface area contributed by atoms with Crippen LogP contribution >= 0.6 is 11.6 Å². The number of aliphatic hydroxyl groups excluding tert-OH is 1. The molecular weight excluding hydrogens is 337 g/mol. The third kappa shape index (κ3) is 4.04. The van der Waals surface area contributed by atoms with Gasteiger partial charge >= 0.3 is 11.9 Å². The van der Waals surface area contributed by atoms with E-state index in [1.54, 1.807) is 25.3 Å². The summed E-state index contributed by atoms with van der Waals surface area (Å²) in [6.45, 7) is -0.882. The second-order valence-corrected chi connectivity index (χ2v) is 5.62. The second-order valence-electron chi connectivity index (χ2n) is 5.06. The Kier molecular flexibility index (Phi) is 5.33. The normalized spacial score (nSPS) is 19.7. The number of nitrogens with zero attached hydrogens (tertiary/aromatic N) is 3. The summed E-state index contributed by atoms with van der Waals surface area (Å²) in [6.07, 6.45) is -2.03. The van der Waals surface area contributed by atoms with Crippen molar-refractivity contribution in [1.82, 2.24) is 19.7 Å². The van der Waals surface area contributed by atoms with Crippen LogP contribution in [0.2, 0.25) is 0 Å². The van der Waals surface area contributed by atoms with Crippen molar-refractivity contribution in [3.63, 3.8) is 0 Å². The number of nitrogens with one attached hydrogen (secondary N) is 1. The van der Waals surface area contributed by atoms with Crippen LogP contribution in [-0.4, -0.2) is 44.2 Å². The average molecular weight is 353 g/mol. The Morgan fingerprint density at radius 1 is 1.57 bits per heavy atom. The van der Waals surface area contributed by atoms with E-state index in [0.29, 0.717) is 12.0 Å². The van der Waals surface area contributed by atoms with Gasteiger partial charge in [-0.2, -0.15) is 17.9 Å². The number of alkyl halides is 4. The van der Waals surface area contributed by atoms with Crippen molar-refractivity contribution in [2.45, 2.75) is 37.3 Å². The van der Waals surface area contributed by atoms with Gasteiger partial charge in [0, 0.05) is 5.57 Å². The Balaban J connectivity index is 2.43. The van der Waals surface area contributed by atoms with E-state index in [1.807, 2.05) is 0 Å². The highest BCUT2D eigenvalue weighted by Gasteiger charge is 2.39. The first-order valence-corrected chi connectivity index (χ1v) is 7.27. The fraction of sp³-hybridized carbons (Fsp3) is 0.538. The van der Waals surface area contributed by atoms with E-state index in [0.717, 1.165) is 9.25 Å². The molecule has 0 aromatic carbocycles. The van der Waals surface area contributed by atoms with Crippen molar-refractivity contribution in [2.75, 3.05) is 7.05 Å². The van der Waals surface area contributed by atoms with Crippen LogP contribution in [0.15, 0.2) is 23.0 Å². The summed E-state index contributed by atoms with van der Waals surface area (Å²) in [5.74, 6) is 0.0633. The van der Waals surface area contributed by atoms with Crippen LogP contribution < -0.4 is 11.0 Å². The third-order valence-corrected chi connectivity index (χ3v) is 3.59. The first kappa shape index (κ1) is 17.8. The van der Waals surface area contributed by atoms with Crippen LogP contribution in [0.1, 0.15) is 12.2 Å². The predicted molar refractivity (Wildman–Crippen MR) is 79.0 cm³/mol. The lowest BCUT2D eigenvalue weighted by Gasteiger charge is -2.16. The zero-order valence-electron chi connectivity index (χ0n) is 12.2. The molecule has 0 radical (unpaired) electrons. The summed E-state index contributed by atoms with van der Waals surface area (Å²) < 4.78 is 39.6. The highest BCUT2D eigenvalue weighted by molar-refractivity contribution is 6.22. The van der Waals surface area contributed by atoms with Crippen molar-refractivity contribution in [2.24, 2.45) is 0 Å². The standard InChI is InChI=1S/C13H16ClF3N4O2/c1-18-7-21-12(23)20(6-10(22)13(15,16)17)11(19-21)8-2-4-9(14)5-3-8/h2-4,9-10,18,22H,5-7H2,1H3. The highest BCUT2D eigenvalue weighted by Crippen LogP contribution is 2.24. The molecule has 0 spiro atoms. The van der Waals surface area contributed by atoms with E-state index in [-0.39, 0.29) is 17.9 Å². The van der Waals surface area contributed by atoms with Crippen molar-refractivity contribution in [1.29, 1.82) is 0 Å². The quantitative estimate of drug-likeness (QED) is 0.778. The summed E-state index contributed by atoms with van der Waals surface area (Å²) in [5.41, 5.74) is -0.247. The Bertz CT molecular complexity index is 678. The molecule has 1 aromatic heterocycles. The Morgan fingerprint density at radius 3 is 2.78 bits per heavy atom. The van der Waals surface area contributed by atoms with Crippen LogP contribution in [0.4, 0.5) is 13.2 Å². The van der Waals surface area contributed by atoms with E-state index in [1.165, 1.54) is 0 Å². The molecule has 2 rings (SSSR count). The molecule has 23 heavy (non-hydrogen) atoms. The van der Waals surface area contributed by atoms with Gasteiger partial charge in [-0.3, -0.25) is 4.57 Å². The van der Waals surface area contributed by atoms with Gasteiger partial charge in [0.05, 0.1) is 18.6 Å². The minimum atomic E-state index is -4.82. The molecule has 2 N–H and O–H groups in total. The van der Waals surface area contributed by atoms with E-state index >= 15 is 0 Å². The summed E-state index contributed by atoms with van der Waals surface area (Å²) in [5, 5.41) is 15.8. The number of hydrogen-bond donors (Lipinski definition) is 2. The molecular formula is C13H16ClF3N4O2. The molecule has 1 aromatic rings. The van der Waals surface area contributed by atoms with E-state index in [2.05, 4.69) is 10.4 Å². The lowest BCUT2D eigenvalue weighted by molar-refractivity contribution is -0.207. The smallest absolute Gasteiger partial charge is 0.382 e. The molecule has 2 unspecified atom stereocenters. The molecule has 0 aliphatic heterocycles. The SMILES string of the molecule is CNCn1nc(C2=CCC(Cl)C=C2)n(CC(O)C(F)(F)F)c1=O. The molecule has 128 valence electrons. The van der Waals surface area contributed by atoms with Crippen LogP contribution in [-0.2, 0) is 13.2 Å². The Hall–Kier alpha value is -1.58. The Labute approximate surface area is 134 Å². The van der Waals surface area contributed by atoms with Crippen molar-refractivity contribution in [3.05, 3.63) is 34.5 Å². The van der Waals surface area contributed by atoms with Crippen LogP contribution in [0.5, 0.6) is 0 Å². The monoisotopic (exact) mass is 352 g/mol. The fourth-order valence-corrected chi connectivity index (χ4v) is 2.27. The van der Waals surface area contributed by atoms with Gasteiger partial charge in [0.1, 0.15) is 0 Å². The van der Waals surface area contributed by atoms with Gasteiger partial charge in [-0.15, -0.1) is 16.7 Å². The van der Waals surface area contributed by atoms with Gasteiger partial charge in [0.25, 0.3) is 0 Å². The number of aliphatic hydroxyl groups is 1. The molecule has 1 aliphatic rings. The first-order valence-electron chi connectivity index (χ1n) is 6.84. The number of halogens is 4. The Morgan fingerprint density at radius 2 is 2.26 bits per heavy atom. The molecule has 1 aliphatic carbocycles. The largest absolute Gasteiger partial charge is 0.416 e. The molecule has 0 saturated heterocycles. The van der Waals surface area contributed by atoms with E-state index < -0.39 is 24.5 Å². The lowest BCUT2D eigenvalue weighted by atomic mass is 10.1. The molecule has 10 heteroatoms. The van der Waals surface area contributed by atoms with Crippen LogP contribution in [0.25, 0.3) is 5.57 Å². The molecule has 0 saturated carbocycles. The van der Waals surface area contributed by atoms with Gasteiger partial charge in [-0.05, 0) is 13.5 Å². The summed E-state index contributed by atoms with van der Waals surface area (Å²) in [7, 11) is 1.58. The van der Waals surface area contributed by atoms with Gasteiger partial charge in [-0.25, -0.2) is 4.79 Å². The van der Waals surface area contributed by atoms with Crippen LogP contribution in [0, 0.1) is 0 Å². The maximum atomic E-state index is 12.6. The van der Waals surface area contributed by atoms with Gasteiger partial charge < -0.3 is 10.4 Å². The number of allylic oxidation sites excluding steroid dienone is 4. The van der Waals surface area contributed by atoms with Crippen LogP contribution in [0.3, 0.4) is 0 Å². The first-order chi connectivity index (χ1) is 10.7. The van der Waals surface area contributed by atoms with Crippen molar-refractivity contribution >= 4 is 17.2 Å². The molecule has 2 atom stereocenters. The lowest BCUT2D eigenvalue weighted by Crippen LogP contribution is -2.38. The van der Waals surface area contributed by atoms with Crippen molar-refractivity contribution < 1.29 is 18.3 Å². The summed E-state index contributed by atoms with van der Waals surface area (Å²) >= 11 is 5.92. The zero-order valence-corrected chi connectivity index (χ0v) is 13.0. The fourth-order valence-electron chi connectivity index (χ4n) is 2.11.